The van der Waals surface area contributed by atoms with Gasteiger partial charge in [-0.15, -0.1) is 0 Å². The van der Waals surface area contributed by atoms with Gasteiger partial charge < -0.3 is 20.2 Å². The SMILES string of the molecule is OCCNC(=S)NC(Cc1ccccn1)c1ccco1. The maximum atomic E-state index is 8.79. The molecule has 2 aromatic rings. The van der Waals surface area contributed by atoms with Crippen LogP contribution in [-0.2, 0) is 6.42 Å². The van der Waals surface area contributed by atoms with Crippen LogP contribution >= 0.6 is 12.2 Å². The van der Waals surface area contributed by atoms with E-state index in [4.69, 9.17) is 21.7 Å². The summed E-state index contributed by atoms with van der Waals surface area (Å²) in [7, 11) is 0. The molecule has 0 aliphatic heterocycles. The van der Waals surface area contributed by atoms with Gasteiger partial charge in [-0.1, -0.05) is 6.07 Å². The zero-order valence-corrected chi connectivity index (χ0v) is 11.8. The summed E-state index contributed by atoms with van der Waals surface area (Å²) < 4.78 is 5.45. The number of aliphatic hydroxyl groups excluding tert-OH is 1. The minimum atomic E-state index is -0.0985. The Bertz CT molecular complexity index is 516. The van der Waals surface area contributed by atoms with Crippen LogP contribution in [-0.4, -0.2) is 28.4 Å². The summed E-state index contributed by atoms with van der Waals surface area (Å²) in [5, 5.41) is 15.4. The molecule has 0 radical (unpaired) electrons. The predicted octanol–water partition coefficient (Wildman–Crippen LogP) is 1.41. The van der Waals surface area contributed by atoms with Crippen molar-refractivity contribution in [2.45, 2.75) is 12.5 Å². The lowest BCUT2D eigenvalue weighted by molar-refractivity contribution is 0.300. The molecule has 0 saturated carbocycles. The Balaban J connectivity index is 2.04. The van der Waals surface area contributed by atoms with Crippen molar-refractivity contribution >= 4 is 17.3 Å². The zero-order chi connectivity index (χ0) is 14.2. The highest BCUT2D eigenvalue weighted by Gasteiger charge is 2.16. The van der Waals surface area contributed by atoms with Crippen LogP contribution in [0.3, 0.4) is 0 Å². The molecule has 0 bridgehead atoms. The van der Waals surface area contributed by atoms with E-state index in [1.54, 1.807) is 12.5 Å². The molecule has 2 heterocycles. The van der Waals surface area contributed by atoms with Gasteiger partial charge in [0.25, 0.3) is 0 Å². The van der Waals surface area contributed by atoms with Crippen molar-refractivity contribution in [1.29, 1.82) is 0 Å². The van der Waals surface area contributed by atoms with Gasteiger partial charge >= 0.3 is 0 Å². The van der Waals surface area contributed by atoms with Crippen molar-refractivity contribution in [3.63, 3.8) is 0 Å². The Hall–Kier alpha value is -1.92. The molecular weight excluding hydrogens is 274 g/mol. The number of aromatic nitrogens is 1. The van der Waals surface area contributed by atoms with E-state index in [0.29, 0.717) is 18.1 Å². The van der Waals surface area contributed by atoms with Gasteiger partial charge in [-0.25, -0.2) is 0 Å². The summed E-state index contributed by atoms with van der Waals surface area (Å²) in [6.07, 6.45) is 4.05. The molecule has 0 aliphatic carbocycles. The van der Waals surface area contributed by atoms with Crippen LogP contribution < -0.4 is 10.6 Å². The smallest absolute Gasteiger partial charge is 0.166 e. The van der Waals surface area contributed by atoms with Crippen molar-refractivity contribution < 1.29 is 9.52 Å². The molecule has 2 aromatic heterocycles. The Kier molecular flexibility index (Phi) is 5.52. The standard InChI is InChI=1S/C14H17N3O2S/c18-8-7-16-14(20)17-12(13-5-3-9-19-13)10-11-4-1-2-6-15-11/h1-6,9,12,18H,7-8,10H2,(H2,16,17,20). The molecule has 0 amide bonds. The fourth-order valence-corrected chi connectivity index (χ4v) is 2.06. The van der Waals surface area contributed by atoms with Crippen LogP contribution in [0.5, 0.6) is 0 Å². The van der Waals surface area contributed by atoms with Crippen molar-refractivity contribution in [2.75, 3.05) is 13.2 Å². The van der Waals surface area contributed by atoms with E-state index in [1.165, 1.54) is 0 Å². The fourth-order valence-electron chi connectivity index (χ4n) is 1.82. The number of hydrogen-bond donors (Lipinski definition) is 3. The highest BCUT2D eigenvalue weighted by molar-refractivity contribution is 7.80. The van der Waals surface area contributed by atoms with Crippen LogP contribution in [0.25, 0.3) is 0 Å². The first-order chi connectivity index (χ1) is 9.79. The average molecular weight is 291 g/mol. The summed E-state index contributed by atoms with van der Waals surface area (Å²) in [5.41, 5.74) is 0.950. The Labute approximate surface area is 123 Å². The molecule has 0 aromatic carbocycles. The molecule has 20 heavy (non-hydrogen) atoms. The first-order valence-corrected chi connectivity index (χ1v) is 6.79. The third-order valence-corrected chi connectivity index (χ3v) is 2.99. The fraction of sp³-hybridized carbons (Fsp3) is 0.286. The molecule has 1 unspecified atom stereocenters. The molecule has 3 N–H and O–H groups in total. The number of nitrogens with zero attached hydrogens (tertiary/aromatic N) is 1. The minimum absolute atomic E-state index is 0.0352. The topological polar surface area (TPSA) is 70.3 Å². The predicted molar refractivity (Wildman–Crippen MR) is 80.2 cm³/mol. The molecule has 0 aliphatic rings. The van der Waals surface area contributed by atoms with Crippen LogP contribution in [0.15, 0.2) is 47.2 Å². The molecule has 2 rings (SSSR count). The summed E-state index contributed by atoms with van der Waals surface area (Å²) in [6.45, 7) is 0.452. The van der Waals surface area contributed by atoms with E-state index in [0.717, 1.165) is 11.5 Å². The normalized spacial score (nSPS) is 11.8. The van der Waals surface area contributed by atoms with Crippen LogP contribution in [0.2, 0.25) is 0 Å². The first kappa shape index (κ1) is 14.5. The van der Waals surface area contributed by atoms with Crippen LogP contribution in [0, 0.1) is 0 Å². The van der Waals surface area contributed by atoms with E-state index >= 15 is 0 Å². The number of pyridine rings is 1. The largest absolute Gasteiger partial charge is 0.467 e. The molecule has 106 valence electrons. The Morgan fingerprint density at radius 1 is 1.35 bits per heavy atom. The number of nitrogens with one attached hydrogen (secondary N) is 2. The number of rotatable bonds is 6. The molecule has 0 saturated heterocycles. The number of aliphatic hydroxyl groups is 1. The summed E-state index contributed by atoms with van der Waals surface area (Å²) >= 11 is 5.19. The van der Waals surface area contributed by atoms with Gasteiger partial charge in [0, 0.05) is 24.9 Å². The third kappa shape index (κ3) is 4.32. The highest BCUT2D eigenvalue weighted by Crippen LogP contribution is 2.17. The zero-order valence-electron chi connectivity index (χ0n) is 11.0. The van der Waals surface area contributed by atoms with Gasteiger partial charge in [-0.3, -0.25) is 4.98 Å². The number of furan rings is 1. The number of hydrogen-bond acceptors (Lipinski definition) is 4. The highest BCUT2D eigenvalue weighted by atomic mass is 32.1. The summed E-state index contributed by atoms with van der Waals surface area (Å²) in [4.78, 5) is 4.31. The van der Waals surface area contributed by atoms with E-state index < -0.39 is 0 Å². The van der Waals surface area contributed by atoms with E-state index in [1.807, 2.05) is 30.3 Å². The monoisotopic (exact) mass is 291 g/mol. The van der Waals surface area contributed by atoms with Gasteiger partial charge in [-0.05, 0) is 36.5 Å². The van der Waals surface area contributed by atoms with E-state index in [9.17, 15) is 0 Å². The van der Waals surface area contributed by atoms with Crippen LogP contribution in [0.1, 0.15) is 17.5 Å². The van der Waals surface area contributed by atoms with Gasteiger partial charge in [0.2, 0.25) is 0 Å². The Morgan fingerprint density at radius 3 is 2.90 bits per heavy atom. The molecule has 6 heteroatoms. The Morgan fingerprint density at radius 2 is 2.25 bits per heavy atom. The maximum Gasteiger partial charge on any atom is 0.166 e. The molecule has 0 fully saturated rings. The minimum Gasteiger partial charge on any atom is -0.467 e. The quantitative estimate of drug-likeness (QED) is 0.699. The average Bonchev–Trinajstić information content (AvgIpc) is 3.00. The lowest BCUT2D eigenvalue weighted by atomic mass is 10.1. The van der Waals surface area contributed by atoms with Gasteiger partial charge in [0.15, 0.2) is 5.11 Å². The van der Waals surface area contributed by atoms with Crippen molar-refractivity contribution in [2.24, 2.45) is 0 Å². The van der Waals surface area contributed by atoms with Gasteiger partial charge in [0.1, 0.15) is 5.76 Å². The number of thiocarbonyl (C=S) groups is 1. The summed E-state index contributed by atoms with van der Waals surface area (Å²) in [6, 6.07) is 9.43. The summed E-state index contributed by atoms with van der Waals surface area (Å²) in [5.74, 6) is 0.795. The van der Waals surface area contributed by atoms with E-state index in [-0.39, 0.29) is 12.6 Å². The first-order valence-electron chi connectivity index (χ1n) is 6.38. The van der Waals surface area contributed by atoms with E-state index in [2.05, 4.69) is 15.6 Å². The second-order valence-corrected chi connectivity index (χ2v) is 4.63. The molecule has 0 spiro atoms. The molecule has 5 nitrogen and oxygen atoms in total. The van der Waals surface area contributed by atoms with Crippen molar-refractivity contribution in [3.05, 3.63) is 54.2 Å². The van der Waals surface area contributed by atoms with Crippen molar-refractivity contribution in [1.82, 2.24) is 15.6 Å². The van der Waals surface area contributed by atoms with Gasteiger partial charge in [0.05, 0.1) is 18.9 Å². The second kappa shape index (κ2) is 7.62. The lowest BCUT2D eigenvalue weighted by Crippen LogP contribution is -2.39. The second-order valence-electron chi connectivity index (χ2n) is 4.22. The van der Waals surface area contributed by atoms with Crippen molar-refractivity contribution in [3.8, 4) is 0 Å². The third-order valence-electron chi connectivity index (χ3n) is 2.73. The lowest BCUT2D eigenvalue weighted by Gasteiger charge is -2.18. The maximum absolute atomic E-state index is 8.79. The molecular formula is C14H17N3O2S. The van der Waals surface area contributed by atoms with Crippen LogP contribution in [0.4, 0.5) is 0 Å². The molecule has 1 atom stereocenters. The van der Waals surface area contributed by atoms with Gasteiger partial charge in [-0.2, -0.15) is 0 Å².